The highest BCUT2D eigenvalue weighted by atomic mass is 32.2. The van der Waals surface area contributed by atoms with Crippen molar-refractivity contribution in [3.05, 3.63) is 65.3 Å². The fourth-order valence-electron chi connectivity index (χ4n) is 4.13. The molecule has 0 spiro atoms. The van der Waals surface area contributed by atoms with E-state index in [1.165, 1.54) is 24.8 Å². The van der Waals surface area contributed by atoms with E-state index >= 15 is 0 Å². The Morgan fingerprint density at radius 1 is 1.11 bits per heavy atom. The van der Waals surface area contributed by atoms with Gasteiger partial charge in [-0.25, -0.2) is 4.98 Å². The number of likely N-dealkylation sites (N-methyl/N-ethyl adjacent to an activating group) is 1. The Morgan fingerprint density at radius 2 is 1.94 bits per heavy atom. The molecule has 1 amide bonds. The van der Waals surface area contributed by atoms with Gasteiger partial charge >= 0.3 is 0 Å². The molecule has 1 saturated heterocycles. The lowest BCUT2D eigenvalue weighted by atomic mass is 10.0. The highest BCUT2D eigenvalue weighted by Gasteiger charge is 2.22. The van der Waals surface area contributed by atoms with Crippen LogP contribution in [0.5, 0.6) is 0 Å². The predicted molar refractivity (Wildman–Crippen MR) is 137 cm³/mol. The normalized spacial score (nSPS) is 14.3. The first-order valence-electron chi connectivity index (χ1n) is 11.3. The fourth-order valence-corrected chi connectivity index (χ4v) is 5.08. The lowest BCUT2D eigenvalue weighted by Gasteiger charge is -2.35. The Balaban J connectivity index is 1.63. The largest absolute Gasteiger partial charge is 0.464 e. The van der Waals surface area contributed by atoms with Crippen LogP contribution in [0.4, 0.5) is 11.5 Å². The molecule has 0 radical (unpaired) electrons. The van der Waals surface area contributed by atoms with Crippen LogP contribution in [0.3, 0.4) is 0 Å². The van der Waals surface area contributed by atoms with E-state index in [0.29, 0.717) is 5.16 Å². The summed E-state index contributed by atoms with van der Waals surface area (Å²) in [5.74, 6) is 0.643. The van der Waals surface area contributed by atoms with Gasteiger partial charge in [-0.05, 0) is 43.4 Å². The second-order valence-corrected chi connectivity index (χ2v) is 9.47. The van der Waals surface area contributed by atoms with Crippen molar-refractivity contribution < 1.29 is 9.21 Å². The van der Waals surface area contributed by atoms with Crippen molar-refractivity contribution in [1.82, 2.24) is 19.9 Å². The van der Waals surface area contributed by atoms with Crippen LogP contribution in [0.2, 0.25) is 0 Å². The Labute approximate surface area is 206 Å². The summed E-state index contributed by atoms with van der Waals surface area (Å²) in [6.07, 6.45) is 3.56. The molecule has 1 aliphatic heterocycles. The van der Waals surface area contributed by atoms with Gasteiger partial charge in [0.25, 0.3) is 5.56 Å². The summed E-state index contributed by atoms with van der Waals surface area (Å²) < 4.78 is 5.79. The number of piperazine rings is 1. The monoisotopic (exact) mass is 490 g/mol. The quantitative estimate of drug-likeness (QED) is 0.352. The molecule has 10 heteroatoms. The molecule has 0 bridgehead atoms. The summed E-state index contributed by atoms with van der Waals surface area (Å²) in [7, 11) is 2.14. The van der Waals surface area contributed by atoms with Crippen molar-refractivity contribution >= 4 is 29.2 Å². The van der Waals surface area contributed by atoms with Gasteiger partial charge < -0.3 is 29.5 Å². The second-order valence-electron chi connectivity index (χ2n) is 8.44. The van der Waals surface area contributed by atoms with Gasteiger partial charge in [0, 0.05) is 72.8 Å². The second kappa shape index (κ2) is 9.85. The van der Waals surface area contributed by atoms with E-state index in [2.05, 4.69) is 49.2 Å². The number of nitrogens with one attached hydrogen (secondary N) is 3. The Bertz CT molecular complexity index is 1370. The summed E-state index contributed by atoms with van der Waals surface area (Å²) in [5.41, 5.74) is 3.73. The van der Waals surface area contributed by atoms with Crippen LogP contribution in [0.15, 0.2) is 74.2 Å². The molecule has 9 nitrogen and oxygen atoms in total. The van der Waals surface area contributed by atoms with Crippen molar-refractivity contribution in [1.29, 1.82) is 0 Å². The van der Waals surface area contributed by atoms with E-state index in [-0.39, 0.29) is 17.3 Å². The Morgan fingerprint density at radius 3 is 2.63 bits per heavy atom. The van der Waals surface area contributed by atoms with E-state index < -0.39 is 0 Å². The fraction of sp³-hybridized carbons (Fsp3) is 0.240. The number of anilines is 2. The van der Waals surface area contributed by atoms with Gasteiger partial charge in [-0.2, -0.15) is 0 Å². The van der Waals surface area contributed by atoms with Crippen LogP contribution in [0.1, 0.15) is 6.92 Å². The zero-order chi connectivity index (χ0) is 24.4. The molecule has 1 aromatic carbocycles. The number of hydrogen-bond acceptors (Lipinski definition) is 7. The Kier molecular flexibility index (Phi) is 6.47. The van der Waals surface area contributed by atoms with Crippen LogP contribution in [-0.4, -0.2) is 59.0 Å². The molecule has 0 atom stereocenters. The molecular weight excluding hydrogens is 464 g/mol. The van der Waals surface area contributed by atoms with Gasteiger partial charge in [-0.15, -0.1) is 0 Å². The third-order valence-electron chi connectivity index (χ3n) is 5.85. The summed E-state index contributed by atoms with van der Waals surface area (Å²) in [6, 6.07) is 13.3. The molecule has 0 saturated carbocycles. The molecule has 0 unspecified atom stereocenters. The number of nitrogens with zero attached hydrogens (tertiary/aromatic N) is 3. The third-order valence-corrected chi connectivity index (χ3v) is 6.79. The van der Waals surface area contributed by atoms with Crippen molar-refractivity contribution in [2.45, 2.75) is 17.0 Å². The van der Waals surface area contributed by atoms with E-state index in [4.69, 9.17) is 4.42 Å². The minimum atomic E-state index is -0.343. The number of carbonyl (C=O) groups excluding carboxylic acids is 1. The number of benzene rings is 1. The van der Waals surface area contributed by atoms with Crippen LogP contribution in [0, 0.1) is 0 Å². The molecule has 5 rings (SSSR count). The first kappa shape index (κ1) is 23.0. The summed E-state index contributed by atoms with van der Waals surface area (Å²) in [6.45, 7) is 5.18. The number of furan rings is 1. The number of carbonyl (C=O) groups is 1. The average Bonchev–Trinajstić information content (AvgIpc) is 3.53. The molecule has 3 aromatic heterocycles. The predicted octanol–water partition coefficient (Wildman–Crippen LogP) is 3.89. The first-order valence-corrected chi connectivity index (χ1v) is 12.1. The van der Waals surface area contributed by atoms with Crippen LogP contribution < -0.4 is 15.8 Å². The molecule has 1 fully saturated rings. The number of hydrogen-bond donors (Lipinski definition) is 3. The van der Waals surface area contributed by atoms with Crippen molar-refractivity contribution in [2.24, 2.45) is 0 Å². The van der Waals surface area contributed by atoms with E-state index in [1.807, 2.05) is 30.5 Å². The summed E-state index contributed by atoms with van der Waals surface area (Å²) in [4.78, 5) is 39.9. The van der Waals surface area contributed by atoms with Gasteiger partial charge in [0.2, 0.25) is 5.91 Å². The maximum absolute atomic E-state index is 12.2. The number of H-pyrrole nitrogens is 2. The van der Waals surface area contributed by atoms with Gasteiger partial charge in [0.05, 0.1) is 6.26 Å². The molecule has 1 aliphatic rings. The highest BCUT2D eigenvalue weighted by molar-refractivity contribution is 7.99. The first-order chi connectivity index (χ1) is 17.0. The molecular formula is C25H26N6O3S. The maximum Gasteiger partial charge on any atom is 0.253 e. The topological polar surface area (TPSA) is 110 Å². The van der Waals surface area contributed by atoms with Crippen LogP contribution >= 0.6 is 11.8 Å². The molecule has 0 aliphatic carbocycles. The zero-order valence-electron chi connectivity index (χ0n) is 19.5. The lowest BCUT2D eigenvalue weighted by molar-refractivity contribution is -0.114. The average molecular weight is 491 g/mol. The zero-order valence-corrected chi connectivity index (χ0v) is 20.3. The standard InChI is InChI=1S/C25H26N6O3S/c1-16(32)27-23-15-24(33)29-25(28-23)35-22-14-17(19-5-3-7-26-19)20(31-10-8-30(2)9-11-31)13-18(22)21-6-4-12-34-21/h3-7,12-15,26H,8-11H2,1-2H3,(H2,27,28,29,32,33). The van der Waals surface area contributed by atoms with E-state index in [9.17, 15) is 9.59 Å². The van der Waals surface area contributed by atoms with Crippen molar-refractivity contribution in [3.63, 3.8) is 0 Å². The molecule has 3 N–H and O–H groups in total. The molecule has 4 heterocycles. The van der Waals surface area contributed by atoms with Gasteiger partial charge in [-0.1, -0.05) is 11.8 Å². The minimum absolute atomic E-state index is 0.210. The van der Waals surface area contributed by atoms with Gasteiger partial charge in [-0.3, -0.25) is 9.59 Å². The molecule has 35 heavy (non-hydrogen) atoms. The molecule has 180 valence electrons. The summed E-state index contributed by atoms with van der Waals surface area (Å²) >= 11 is 1.32. The van der Waals surface area contributed by atoms with E-state index in [0.717, 1.165) is 59.3 Å². The minimum Gasteiger partial charge on any atom is -0.464 e. The van der Waals surface area contributed by atoms with Crippen LogP contribution in [0.25, 0.3) is 22.6 Å². The SMILES string of the molecule is CC(=O)Nc1cc(=O)[nH]c(Sc2cc(-c3ccc[nH]3)c(N3CCN(C)CC3)cc2-c2ccco2)n1. The van der Waals surface area contributed by atoms with Crippen molar-refractivity contribution in [2.75, 3.05) is 43.4 Å². The number of aromatic amines is 2. The van der Waals surface area contributed by atoms with Crippen LogP contribution in [-0.2, 0) is 4.79 Å². The summed E-state index contributed by atoms with van der Waals surface area (Å²) in [5, 5.41) is 2.96. The molecule has 4 aromatic rings. The smallest absolute Gasteiger partial charge is 0.253 e. The third kappa shape index (κ3) is 5.18. The highest BCUT2D eigenvalue weighted by Crippen LogP contribution is 2.43. The van der Waals surface area contributed by atoms with E-state index in [1.54, 1.807) is 6.26 Å². The van der Waals surface area contributed by atoms with Gasteiger partial charge in [0.15, 0.2) is 5.16 Å². The number of amides is 1. The van der Waals surface area contributed by atoms with Gasteiger partial charge in [0.1, 0.15) is 11.6 Å². The number of rotatable bonds is 6. The number of aromatic nitrogens is 3. The van der Waals surface area contributed by atoms with Crippen molar-refractivity contribution in [3.8, 4) is 22.6 Å². The Hall–Kier alpha value is -3.76. The maximum atomic E-state index is 12.2. The lowest BCUT2D eigenvalue weighted by Crippen LogP contribution is -2.44.